The Balaban J connectivity index is 1.53. The van der Waals surface area contributed by atoms with Crippen LogP contribution in [0.1, 0.15) is 78.2 Å². The van der Waals surface area contributed by atoms with E-state index in [9.17, 15) is 38.7 Å². The number of nitrogens with two attached hydrogens (primary N) is 3. The molecule has 6 amide bonds. The summed E-state index contributed by atoms with van der Waals surface area (Å²) in [4.78, 5) is 104. The number of hydrogen-bond acceptors (Lipinski definition) is 10. The van der Waals surface area contributed by atoms with Crippen molar-refractivity contribution in [2.75, 3.05) is 19.6 Å². The fourth-order valence-electron chi connectivity index (χ4n) is 7.60. The molecule has 4 rings (SSSR count). The van der Waals surface area contributed by atoms with Crippen LogP contribution in [-0.2, 0) is 40.0 Å². The van der Waals surface area contributed by atoms with Gasteiger partial charge in [-0.25, -0.2) is 0 Å². The molecule has 12 N–H and O–H groups in total. The van der Waals surface area contributed by atoms with E-state index in [-0.39, 0.29) is 43.7 Å². The summed E-state index contributed by atoms with van der Waals surface area (Å²) in [5.41, 5.74) is 17.9. The second-order valence-electron chi connectivity index (χ2n) is 15.9. The van der Waals surface area contributed by atoms with Gasteiger partial charge in [0.15, 0.2) is 5.96 Å². The van der Waals surface area contributed by atoms with Crippen LogP contribution < -0.4 is 38.5 Å². The van der Waals surface area contributed by atoms with Crippen LogP contribution in [0.25, 0.3) is 10.9 Å². The first-order valence-corrected chi connectivity index (χ1v) is 20.3. The number of carbonyl (C=O) groups is 7. The monoisotopic (exact) mass is 823 g/mol. The average Bonchev–Trinajstić information content (AvgIpc) is 3.97. The lowest BCUT2D eigenvalue weighted by Crippen LogP contribution is -2.61. The summed E-state index contributed by atoms with van der Waals surface area (Å²) in [7, 11) is 0. The molecule has 2 fully saturated rings. The number of nitrogens with zero attached hydrogens (tertiary/aromatic N) is 3. The molecule has 0 aliphatic carbocycles. The Labute approximate surface area is 344 Å². The minimum Gasteiger partial charge on any atom is -0.391 e. The first-order chi connectivity index (χ1) is 28.0. The highest BCUT2D eigenvalue weighted by molar-refractivity contribution is 5.98. The van der Waals surface area contributed by atoms with E-state index >= 15 is 0 Å². The molecule has 1 aromatic carbocycles. The number of hydrogen-bond donors (Lipinski definition) is 9. The Morgan fingerprint density at radius 1 is 0.898 bits per heavy atom. The third-order valence-electron chi connectivity index (χ3n) is 10.6. The predicted octanol–water partition coefficient (Wildman–Crippen LogP) is -1.34. The summed E-state index contributed by atoms with van der Waals surface area (Å²) >= 11 is 0. The van der Waals surface area contributed by atoms with Crippen LogP contribution in [0.2, 0.25) is 0 Å². The molecule has 8 atom stereocenters. The van der Waals surface area contributed by atoms with Crippen molar-refractivity contribution < 1.29 is 38.7 Å². The topological polar surface area (TPSA) is 301 Å². The number of amides is 6. The minimum atomic E-state index is -1.44. The van der Waals surface area contributed by atoms with Crippen LogP contribution in [-0.4, -0.2) is 136 Å². The summed E-state index contributed by atoms with van der Waals surface area (Å²) in [6, 6.07) is 0.141. The van der Waals surface area contributed by atoms with E-state index in [1.165, 1.54) is 23.6 Å². The number of guanidine groups is 1. The van der Waals surface area contributed by atoms with Crippen molar-refractivity contribution in [2.45, 2.75) is 127 Å². The van der Waals surface area contributed by atoms with Crippen LogP contribution in [0, 0.1) is 5.92 Å². The number of aliphatic hydroxyl groups excluding tert-OH is 1. The lowest BCUT2D eigenvalue weighted by atomic mass is 9.99. The molecule has 0 bridgehead atoms. The fraction of sp³-hybridized carbons (Fsp3) is 0.600. The molecule has 19 nitrogen and oxygen atoms in total. The van der Waals surface area contributed by atoms with Crippen LogP contribution in [0.5, 0.6) is 0 Å². The van der Waals surface area contributed by atoms with Gasteiger partial charge >= 0.3 is 0 Å². The lowest BCUT2D eigenvalue weighted by Gasteiger charge is -2.34. The Bertz CT molecular complexity index is 1840. The van der Waals surface area contributed by atoms with E-state index in [0.29, 0.717) is 56.9 Å². The SMILES string of the molecule is CC(C)C[C@H](NC(=O)[C@H](Cc1c[nH]c2ccccc12)NC(=O)[C@@H](NC(=O)[C@H](C)N)[C@@H](C)O)C(=O)N1CCC[C@H]1C(=O)N1CCC[C@H]1C(=O)N[C@H](C=O)CCCN=C(N)N. The van der Waals surface area contributed by atoms with Gasteiger partial charge in [-0.3, -0.25) is 33.8 Å². The maximum atomic E-state index is 14.4. The second kappa shape index (κ2) is 21.4. The maximum absolute atomic E-state index is 14.4. The van der Waals surface area contributed by atoms with Crippen molar-refractivity contribution in [1.29, 1.82) is 0 Å². The zero-order chi connectivity index (χ0) is 43.4. The van der Waals surface area contributed by atoms with Crippen LogP contribution in [0.4, 0.5) is 0 Å². The molecule has 3 heterocycles. The van der Waals surface area contributed by atoms with E-state index in [1.807, 2.05) is 38.1 Å². The van der Waals surface area contributed by atoms with Crippen LogP contribution >= 0.6 is 0 Å². The Kier molecular flexibility index (Phi) is 16.8. The number of para-hydroxylation sites is 1. The van der Waals surface area contributed by atoms with Crippen molar-refractivity contribution in [3.63, 3.8) is 0 Å². The average molecular weight is 824 g/mol. The molecule has 0 unspecified atom stereocenters. The van der Waals surface area contributed by atoms with E-state index in [4.69, 9.17) is 17.2 Å². The van der Waals surface area contributed by atoms with Crippen molar-refractivity contribution >= 4 is 58.6 Å². The van der Waals surface area contributed by atoms with Gasteiger partial charge in [-0.2, -0.15) is 0 Å². The zero-order valence-electron chi connectivity index (χ0n) is 34.3. The van der Waals surface area contributed by atoms with Gasteiger partial charge in [0, 0.05) is 43.2 Å². The van der Waals surface area contributed by atoms with Gasteiger partial charge in [0.05, 0.1) is 18.2 Å². The highest BCUT2D eigenvalue weighted by Gasteiger charge is 2.44. The zero-order valence-corrected chi connectivity index (χ0v) is 34.3. The first-order valence-electron chi connectivity index (χ1n) is 20.3. The van der Waals surface area contributed by atoms with Crippen molar-refractivity contribution in [3.8, 4) is 0 Å². The number of rotatable bonds is 20. The van der Waals surface area contributed by atoms with E-state index in [0.717, 1.165) is 10.9 Å². The molecule has 324 valence electrons. The lowest BCUT2D eigenvalue weighted by molar-refractivity contribution is -0.148. The molecular weight excluding hydrogens is 763 g/mol. The van der Waals surface area contributed by atoms with E-state index in [2.05, 4.69) is 31.2 Å². The summed E-state index contributed by atoms with van der Waals surface area (Å²) in [5, 5.41) is 22.0. The molecule has 2 saturated heterocycles. The fourth-order valence-corrected chi connectivity index (χ4v) is 7.60. The number of fused-ring (bicyclic) bond motifs is 1. The first kappa shape index (κ1) is 46.1. The molecule has 0 spiro atoms. The number of aliphatic hydroxyl groups is 1. The van der Waals surface area contributed by atoms with Crippen molar-refractivity contribution in [2.24, 2.45) is 28.1 Å². The van der Waals surface area contributed by atoms with Gasteiger partial charge in [0.2, 0.25) is 35.4 Å². The third-order valence-corrected chi connectivity index (χ3v) is 10.6. The van der Waals surface area contributed by atoms with Crippen LogP contribution in [0.15, 0.2) is 35.5 Å². The normalized spacial score (nSPS) is 19.6. The molecule has 0 saturated carbocycles. The predicted molar refractivity (Wildman–Crippen MR) is 220 cm³/mol. The number of nitrogens with one attached hydrogen (secondary N) is 5. The molecule has 0 radical (unpaired) electrons. The van der Waals surface area contributed by atoms with Gasteiger partial charge < -0.3 is 63.2 Å². The summed E-state index contributed by atoms with van der Waals surface area (Å²) in [6.07, 6.45) is 3.78. The molecule has 19 heteroatoms. The molecule has 59 heavy (non-hydrogen) atoms. The summed E-state index contributed by atoms with van der Waals surface area (Å²) < 4.78 is 0. The number of benzene rings is 1. The number of carbonyl (C=O) groups excluding carboxylic acids is 7. The van der Waals surface area contributed by atoms with Gasteiger partial charge in [0.1, 0.15) is 36.5 Å². The van der Waals surface area contributed by atoms with Gasteiger partial charge in [0.25, 0.3) is 0 Å². The number of aromatic nitrogens is 1. The van der Waals surface area contributed by atoms with Crippen molar-refractivity contribution in [1.82, 2.24) is 36.1 Å². The Morgan fingerprint density at radius 2 is 1.56 bits per heavy atom. The standard InChI is InChI=1S/C40H61N11O8/c1-22(2)18-30(38(58)51-17-9-14-32(51)39(59)50-16-8-13-31(50)36(56)46-26(21-52)10-7-15-44-40(42)43)48-35(55)29(19-25-20-45-28-12-6-5-11-27(25)28)47-37(57)33(24(4)53)49-34(54)23(3)41/h5-6,11-12,20-24,26,29-33,45,53H,7-10,13-19,41H2,1-4H3,(H,46,56)(H,47,57)(H,48,55)(H,49,54)(H4,42,43,44)/t23-,24+,26-,29-,30-,31-,32-,33-/m0/s1. The second-order valence-corrected chi connectivity index (χ2v) is 15.9. The number of aliphatic imine (C=N–C) groups is 1. The maximum Gasteiger partial charge on any atom is 0.246 e. The molecule has 2 aromatic rings. The highest BCUT2D eigenvalue weighted by Crippen LogP contribution is 2.27. The van der Waals surface area contributed by atoms with Gasteiger partial charge in [-0.15, -0.1) is 0 Å². The molecule has 2 aliphatic rings. The highest BCUT2D eigenvalue weighted by atomic mass is 16.3. The quantitative estimate of drug-likeness (QED) is 0.0326. The minimum absolute atomic E-state index is 0.0115. The van der Waals surface area contributed by atoms with E-state index < -0.39 is 77.9 Å². The Hall–Kier alpha value is -5.56. The summed E-state index contributed by atoms with van der Waals surface area (Å²) in [5.74, 6) is -3.68. The van der Waals surface area contributed by atoms with E-state index in [1.54, 1.807) is 6.20 Å². The number of H-pyrrole nitrogens is 1. The smallest absolute Gasteiger partial charge is 0.246 e. The Morgan fingerprint density at radius 3 is 2.20 bits per heavy atom. The van der Waals surface area contributed by atoms with Gasteiger partial charge in [-0.1, -0.05) is 32.0 Å². The van der Waals surface area contributed by atoms with Crippen molar-refractivity contribution in [3.05, 3.63) is 36.0 Å². The largest absolute Gasteiger partial charge is 0.391 e. The molecular formula is C40H61N11O8. The number of aromatic amines is 1. The van der Waals surface area contributed by atoms with Crippen LogP contribution in [0.3, 0.4) is 0 Å². The summed E-state index contributed by atoms with van der Waals surface area (Å²) in [6.45, 7) is 7.36. The number of likely N-dealkylation sites (tertiary alicyclic amines) is 2. The third kappa shape index (κ3) is 12.5. The molecule has 1 aromatic heterocycles. The van der Waals surface area contributed by atoms with Gasteiger partial charge in [-0.05, 0) is 76.3 Å². The molecule has 2 aliphatic heterocycles. The number of aldehydes is 1.